The van der Waals surface area contributed by atoms with Crippen molar-refractivity contribution in [3.05, 3.63) is 17.6 Å². The van der Waals surface area contributed by atoms with Crippen molar-refractivity contribution in [2.45, 2.75) is 39.0 Å². The van der Waals surface area contributed by atoms with E-state index in [9.17, 15) is 0 Å². The lowest BCUT2D eigenvalue weighted by atomic mass is 10.00. The number of fused-ring (bicyclic) bond motifs is 1. The summed E-state index contributed by atoms with van der Waals surface area (Å²) < 4.78 is 0. The second-order valence-electron chi connectivity index (χ2n) is 5.17. The van der Waals surface area contributed by atoms with E-state index in [1.165, 1.54) is 55.8 Å². The normalized spacial score (nSPS) is 24.6. The molecule has 0 aromatic carbocycles. The first-order valence-electron chi connectivity index (χ1n) is 6.42. The van der Waals surface area contributed by atoms with Crippen LogP contribution in [-0.2, 0) is 12.8 Å². The van der Waals surface area contributed by atoms with Crippen LogP contribution in [0.4, 0.5) is 5.82 Å². The van der Waals surface area contributed by atoms with Gasteiger partial charge in [-0.25, -0.2) is 9.97 Å². The van der Waals surface area contributed by atoms with E-state index in [1.807, 2.05) is 0 Å². The summed E-state index contributed by atoms with van der Waals surface area (Å²) in [5.41, 5.74) is 2.72. The monoisotopic (exact) mass is 217 g/mol. The molecule has 1 unspecified atom stereocenters. The molecule has 0 saturated carbocycles. The van der Waals surface area contributed by atoms with E-state index >= 15 is 0 Å². The van der Waals surface area contributed by atoms with Crippen LogP contribution in [0.3, 0.4) is 0 Å². The zero-order valence-corrected chi connectivity index (χ0v) is 9.95. The fourth-order valence-corrected chi connectivity index (χ4v) is 3.00. The highest BCUT2D eigenvalue weighted by Gasteiger charge is 2.23. The van der Waals surface area contributed by atoms with Crippen molar-refractivity contribution in [1.29, 1.82) is 0 Å². The van der Waals surface area contributed by atoms with Crippen LogP contribution < -0.4 is 4.90 Å². The lowest BCUT2D eigenvalue weighted by Gasteiger charge is -2.32. The number of anilines is 1. The van der Waals surface area contributed by atoms with Gasteiger partial charge in [0.1, 0.15) is 12.1 Å². The summed E-state index contributed by atoms with van der Waals surface area (Å²) in [5, 5.41) is 0. The molecular formula is C13H19N3. The van der Waals surface area contributed by atoms with Crippen LogP contribution in [0.15, 0.2) is 6.33 Å². The first-order chi connectivity index (χ1) is 7.84. The summed E-state index contributed by atoms with van der Waals surface area (Å²) in [7, 11) is 0. The Hall–Kier alpha value is -1.12. The quantitative estimate of drug-likeness (QED) is 0.722. The summed E-state index contributed by atoms with van der Waals surface area (Å²) in [6.07, 6.45) is 8.00. The van der Waals surface area contributed by atoms with Gasteiger partial charge in [0.25, 0.3) is 0 Å². The maximum absolute atomic E-state index is 4.52. The Morgan fingerprint density at radius 2 is 2.19 bits per heavy atom. The van der Waals surface area contributed by atoms with Gasteiger partial charge in [0, 0.05) is 24.3 Å². The number of aryl methyl sites for hydroxylation is 1. The fraction of sp³-hybridized carbons (Fsp3) is 0.692. The predicted octanol–water partition coefficient (Wildman–Crippen LogP) is 2.20. The van der Waals surface area contributed by atoms with Gasteiger partial charge in [0.2, 0.25) is 0 Å². The van der Waals surface area contributed by atoms with Crippen molar-refractivity contribution >= 4 is 5.82 Å². The van der Waals surface area contributed by atoms with E-state index in [-0.39, 0.29) is 0 Å². The Kier molecular flexibility index (Phi) is 2.54. The molecule has 0 N–H and O–H groups in total. The van der Waals surface area contributed by atoms with Crippen molar-refractivity contribution in [3.8, 4) is 0 Å². The average molecular weight is 217 g/mol. The Morgan fingerprint density at radius 3 is 3.06 bits per heavy atom. The maximum Gasteiger partial charge on any atom is 0.135 e. The molecule has 3 nitrogen and oxygen atoms in total. The molecule has 3 heteroatoms. The van der Waals surface area contributed by atoms with E-state index in [1.54, 1.807) is 6.33 Å². The van der Waals surface area contributed by atoms with Crippen molar-refractivity contribution < 1.29 is 0 Å². The molecule has 0 amide bonds. The Balaban J connectivity index is 1.91. The summed E-state index contributed by atoms with van der Waals surface area (Å²) in [6, 6.07) is 0. The standard InChI is InChI=1S/C13H19N3/c1-10-4-3-7-16(8-10)13-11-5-2-6-12(11)14-9-15-13/h9-10H,2-8H2,1H3. The zero-order valence-electron chi connectivity index (χ0n) is 9.95. The van der Waals surface area contributed by atoms with Crippen LogP contribution in [-0.4, -0.2) is 23.1 Å². The van der Waals surface area contributed by atoms with Crippen LogP contribution in [0, 0.1) is 5.92 Å². The van der Waals surface area contributed by atoms with Gasteiger partial charge >= 0.3 is 0 Å². The molecule has 2 aliphatic rings. The molecule has 1 atom stereocenters. The number of piperidine rings is 1. The van der Waals surface area contributed by atoms with Crippen LogP contribution in [0.5, 0.6) is 0 Å². The number of rotatable bonds is 1. The molecule has 1 fully saturated rings. The zero-order chi connectivity index (χ0) is 11.0. The van der Waals surface area contributed by atoms with Gasteiger partial charge < -0.3 is 4.90 Å². The molecule has 2 heterocycles. The van der Waals surface area contributed by atoms with E-state index in [0.29, 0.717) is 0 Å². The highest BCUT2D eigenvalue weighted by Crippen LogP contribution is 2.30. The van der Waals surface area contributed by atoms with Gasteiger partial charge in [-0.2, -0.15) is 0 Å². The predicted molar refractivity (Wildman–Crippen MR) is 64.7 cm³/mol. The van der Waals surface area contributed by atoms with Crippen LogP contribution in [0.25, 0.3) is 0 Å². The Morgan fingerprint density at radius 1 is 1.25 bits per heavy atom. The first kappa shape index (κ1) is 10.1. The van der Waals surface area contributed by atoms with Crippen molar-refractivity contribution in [3.63, 3.8) is 0 Å². The minimum Gasteiger partial charge on any atom is -0.356 e. The number of aromatic nitrogens is 2. The molecule has 3 rings (SSSR count). The van der Waals surface area contributed by atoms with Gasteiger partial charge in [-0.3, -0.25) is 0 Å². The van der Waals surface area contributed by atoms with Crippen LogP contribution in [0.1, 0.15) is 37.4 Å². The third-order valence-electron chi connectivity index (χ3n) is 3.81. The van der Waals surface area contributed by atoms with Crippen molar-refractivity contribution in [2.24, 2.45) is 5.92 Å². The highest BCUT2D eigenvalue weighted by atomic mass is 15.2. The molecule has 1 aromatic heterocycles. The van der Waals surface area contributed by atoms with Gasteiger partial charge in [-0.1, -0.05) is 6.92 Å². The minimum absolute atomic E-state index is 0.806. The molecule has 0 radical (unpaired) electrons. The smallest absolute Gasteiger partial charge is 0.135 e. The lowest BCUT2D eigenvalue weighted by molar-refractivity contribution is 0.443. The number of hydrogen-bond donors (Lipinski definition) is 0. The highest BCUT2D eigenvalue weighted by molar-refractivity contribution is 5.50. The van der Waals surface area contributed by atoms with Gasteiger partial charge in [0.15, 0.2) is 0 Å². The molecule has 0 bridgehead atoms. The third-order valence-corrected chi connectivity index (χ3v) is 3.81. The second-order valence-corrected chi connectivity index (χ2v) is 5.17. The second kappa shape index (κ2) is 4.04. The van der Waals surface area contributed by atoms with Crippen LogP contribution >= 0.6 is 0 Å². The van der Waals surface area contributed by atoms with Crippen molar-refractivity contribution in [2.75, 3.05) is 18.0 Å². The summed E-state index contributed by atoms with van der Waals surface area (Å²) in [4.78, 5) is 11.4. The fourth-order valence-electron chi connectivity index (χ4n) is 3.00. The molecule has 0 spiro atoms. The molecular weight excluding hydrogens is 198 g/mol. The van der Waals surface area contributed by atoms with Gasteiger partial charge in [0.05, 0.1) is 0 Å². The summed E-state index contributed by atoms with van der Waals surface area (Å²) >= 11 is 0. The topological polar surface area (TPSA) is 29.0 Å². The minimum atomic E-state index is 0.806. The van der Waals surface area contributed by atoms with E-state index in [2.05, 4.69) is 21.8 Å². The third kappa shape index (κ3) is 1.68. The SMILES string of the molecule is CC1CCCN(c2ncnc3c2CCC3)C1. The largest absolute Gasteiger partial charge is 0.356 e. The molecule has 86 valence electrons. The van der Waals surface area contributed by atoms with E-state index in [0.717, 1.165) is 12.3 Å². The molecule has 1 aromatic rings. The molecule has 1 aliphatic heterocycles. The number of hydrogen-bond acceptors (Lipinski definition) is 3. The molecule has 1 saturated heterocycles. The summed E-state index contributed by atoms with van der Waals surface area (Å²) in [6.45, 7) is 4.69. The average Bonchev–Trinajstić information content (AvgIpc) is 2.76. The summed E-state index contributed by atoms with van der Waals surface area (Å²) in [5.74, 6) is 2.04. The van der Waals surface area contributed by atoms with Gasteiger partial charge in [-0.15, -0.1) is 0 Å². The molecule has 16 heavy (non-hydrogen) atoms. The number of nitrogens with zero attached hydrogens (tertiary/aromatic N) is 3. The lowest BCUT2D eigenvalue weighted by Crippen LogP contribution is -2.35. The maximum atomic E-state index is 4.52. The Bertz CT molecular complexity index is 389. The first-order valence-corrected chi connectivity index (χ1v) is 6.42. The van der Waals surface area contributed by atoms with E-state index < -0.39 is 0 Å². The van der Waals surface area contributed by atoms with Gasteiger partial charge in [-0.05, 0) is 38.0 Å². The van der Waals surface area contributed by atoms with E-state index in [4.69, 9.17) is 0 Å². The molecule has 1 aliphatic carbocycles. The van der Waals surface area contributed by atoms with Crippen LogP contribution in [0.2, 0.25) is 0 Å². The van der Waals surface area contributed by atoms with Crippen molar-refractivity contribution in [1.82, 2.24) is 9.97 Å². The Labute approximate surface area is 96.9 Å².